The van der Waals surface area contributed by atoms with E-state index < -0.39 is 23.4 Å². The number of ether oxygens (including phenoxy) is 3. The molecule has 1 heterocycles. The average molecular weight is 278 g/mol. The van der Waals surface area contributed by atoms with Crippen LogP contribution in [0, 0.1) is 0 Å². The zero-order valence-corrected chi connectivity index (χ0v) is 11.3. The van der Waals surface area contributed by atoms with Crippen LogP contribution in [0.15, 0.2) is 29.4 Å². The first-order chi connectivity index (χ1) is 9.41. The number of esters is 2. The monoisotopic (exact) mass is 278 g/mol. The van der Waals surface area contributed by atoms with Crippen LogP contribution in [0.25, 0.3) is 0 Å². The zero-order valence-electron chi connectivity index (χ0n) is 11.3. The fourth-order valence-electron chi connectivity index (χ4n) is 1.55. The van der Waals surface area contributed by atoms with E-state index in [-0.39, 0.29) is 0 Å². The number of hydrazone groups is 1. The van der Waals surface area contributed by atoms with E-state index in [4.69, 9.17) is 14.2 Å². The molecule has 1 aromatic rings. The first-order valence-corrected chi connectivity index (χ1v) is 5.86. The molecule has 1 N–H and O–H groups in total. The molecule has 106 valence electrons. The summed E-state index contributed by atoms with van der Waals surface area (Å²) in [6, 6.07) is 6.86. The Hall–Kier alpha value is -2.57. The van der Waals surface area contributed by atoms with E-state index in [1.807, 2.05) is 0 Å². The van der Waals surface area contributed by atoms with Gasteiger partial charge in [-0.05, 0) is 12.1 Å². The minimum atomic E-state index is -1.27. The molecular weight excluding hydrogens is 264 g/mol. The van der Waals surface area contributed by atoms with Crippen LogP contribution in [0.4, 0.5) is 5.69 Å². The Balaban J connectivity index is 2.15. The maximum atomic E-state index is 11.6. The number of cyclic esters (lactones) is 2. The number of carbonyl (C=O) groups excluding carboxylic acids is 2. The maximum absolute atomic E-state index is 11.6. The molecule has 0 atom stereocenters. The van der Waals surface area contributed by atoms with Gasteiger partial charge in [0, 0.05) is 19.9 Å². The summed E-state index contributed by atoms with van der Waals surface area (Å²) in [6.07, 6.45) is 0. The van der Waals surface area contributed by atoms with Crippen molar-refractivity contribution >= 4 is 23.3 Å². The lowest BCUT2D eigenvalue weighted by Crippen LogP contribution is -2.47. The van der Waals surface area contributed by atoms with Crippen molar-refractivity contribution in [2.24, 2.45) is 5.10 Å². The number of hydrogen-bond acceptors (Lipinski definition) is 7. The van der Waals surface area contributed by atoms with Crippen molar-refractivity contribution in [3.8, 4) is 5.75 Å². The quantitative estimate of drug-likeness (QED) is 0.662. The minimum Gasteiger partial charge on any atom is -0.497 e. The van der Waals surface area contributed by atoms with Crippen LogP contribution in [0.5, 0.6) is 5.75 Å². The van der Waals surface area contributed by atoms with Gasteiger partial charge < -0.3 is 14.2 Å². The van der Waals surface area contributed by atoms with Crippen molar-refractivity contribution in [2.75, 3.05) is 12.5 Å². The Bertz CT molecular complexity index is 558. The van der Waals surface area contributed by atoms with E-state index >= 15 is 0 Å². The molecule has 0 aliphatic carbocycles. The summed E-state index contributed by atoms with van der Waals surface area (Å²) in [5.74, 6) is -2.32. The van der Waals surface area contributed by atoms with Crippen molar-refractivity contribution in [3.05, 3.63) is 24.3 Å². The van der Waals surface area contributed by atoms with E-state index in [0.717, 1.165) is 0 Å². The third-order valence-corrected chi connectivity index (χ3v) is 2.43. The van der Waals surface area contributed by atoms with Gasteiger partial charge in [-0.2, -0.15) is 5.10 Å². The molecule has 7 heteroatoms. The zero-order chi connectivity index (χ0) is 14.8. The van der Waals surface area contributed by atoms with E-state index in [1.165, 1.54) is 21.0 Å². The van der Waals surface area contributed by atoms with Crippen LogP contribution in [-0.4, -0.2) is 30.5 Å². The number of rotatable bonds is 3. The SMILES string of the molecule is COc1cccc(NN=C2C(=O)OC(C)(C)OC2=O)c1. The van der Waals surface area contributed by atoms with Crippen LogP contribution in [0.1, 0.15) is 13.8 Å². The maximum Gasteiger partial charge on any atom is 0.369 e. The predicted octanol–water partition coefficient (Wildman–Crippen LogP) is 1.30. The topological polar surface area (TPSA) is 86.2 Å². The van der Waals surface area contributed by atoms with Gasteiger partial charge in [0.25, 0.3) is 11.5 Å². The van der Waals surface area contributed by atoms with Gasteiger partial charge in [-0.25, -0.2) is 9.59 Å². The summed E-state index contributed by atoms with van der Waals surface area (Å²) in [7, 11) is 1.53. The highest BCUT2D eigenvalue weighted by Gasteiger charge is 2.40. The van der Waals surface area contributed by atoms with Crippen molar-refractivity contribution < 1.29 is 23.8 Å². The van der Waals surface area contributed by atoms with Gasteiger partial charge >= 0.3 is 11.9 Å². The molecule has 1 fully saturated rings. The molecule has 0 bridgehead atoms. The molecule has 0 saturated carbocycles. The van der Waals surface area contributed by atoms with E-state index in [0.29, 0.717) is 11.4 Å². The molecule has 1 aromatic carbocycles. The summed E-state index contributed by atoms with van der Waals surface area (Å²) in [4.78, 5) is 23.3. The molecule has 7 nitrogen and oxygen atoms in total. The third kappa shape index (κ3) is 3.05. The molecule has 1 saturated heterocycles. The normalized spacial score (nSPS) is 17.1. The van der Waals surface area contributed by atoms with Crippen LogP contribution in [0.3, 0.4) is 0 Å². The Morgan fingerprint density at radius 3 is 2.45 bits per heavy atom. The number of benzene rings is 1. The summed E-state index contributed by atoms with van der Waals surface area (Å²) in [5, 5.41) is 3.72. The van der Waals surface area contributed by atoms with E-state index in [9.17, 15) is 9.59 Å². The average Bonchev–Trinajstić information content (AvgIpc) is 2.36. The molecule has 1 aliphatic rings. The highest BCUT2D eigenvalue weighted by atomic mass is 16.7. The summed E-state index contributed by atoms with van der Waals surface area (Å²) in [6.45, 7) is 2.93. The Kier molecular flexibility index (Phi) is 3.60. The van der Waals surface area contributed by atoms with Gasteiger partial charge in [0.2, 0.25) is 0 Å². The minimum absolute atomic E-state index is 0.438. The number of hydrogen-bond donors (Lipinski definition) is 1. The van der Waals surface area contributed by atoms with Crippen LogP contribution in [0.2, 0.25) is 0 Å². The molecular formula is C13H14N2O5. The smallest absolute Gasteiger partial charge is 0.369 e. The number of anilines is 1. The lowest BCUT2D eigenvalue weighted by Gasteiger charge is -2.28. The fourth-order valence-corrected chi connectivity index (χ4v) is 1.55. The Labute approximate surface area is 115 Å². The van der Waals surface area contributed by atoms with Crippen LogP contribution in [-0.2, 0) is 19.1 Å². The lowest BCUT2D eigenvalue weighted by molar-refractivity contribution is -0.214. The second-order valence-corrected chi connectivity index (χ2v) is 4.48. The second-order valence-electron chi connectivity index (χ2n) is 4.48. The van der Waals surface area contributed by atoms with Gasteiger partial charge in [0.1, 0.15) is 5.75 Å². The van der Waals surface area contributed by atoms with Crippen LogP contribution < -0.4 is 10.2 Å². The van der Waals surface area contributed by atoms with Crippen LogP contribution >= 0.6 is 0 Å². The molecule has 20 heavy (non-hydrogen) atoms. The highest BCUT2D eigenvalue weighted by Crippen LogP contribution is 2.19. The molecule has 0 spiro atoms. The van der Waals surface area contributed by atoms with Gasteiger partial charge in [0.05, 0.1) is 12.8 Å². The number of methoxy groups -OCH3 is 1. The van der Waals surface area contributed by atoms with E-state index in [2.05, 4.69) is 10.5 Å². The second kappa shape index (κ2) is 5.20. The number of nitrogens with one attached hydrogen (secondary N) is 1. The third-order valence-electron chi connectivity index (χ3n) is 2.43. The van der Waals surface area contributed by atoms with Crippen molar-refractivity contribution in [3.63, 3.8) is 0 Å². The Morgan fingerprint density at radius 2 is 1.85 bits per heavy atom. The Morgan fingerprint density at radius 1 is 1.20 bits per heavy atom. The fraction of sp³-hybridized carbons (Fsp3) is 0.308. The van der Waals surface area contributed by atoms with Gasteiger partial charge in [0.15, 0.2) is 0 Å². The predicted molar refractivity (Wildman–Crippen MR) is 70.3 cm³/mol. The largest absolute Gasteiger partial charge is 0.497 e. The van der Waals surface area contributed by atoms with Gasteiger partial charge in [-0.15, -0.1) is 0 Å². The first kappa shape index (κ1) is 13.9. The molecule has 0 aromatic heterocycles. The summed E-state index contributed by atoms with van der Waals surface area (Å²) in [5.41, 5.74) is 2.70. The summed E-state index contributed by atoms with van der Waals surface area (Å²) >= 11 is 0. The standard InChI is InChI=1S/C13H14N2O5/c1-13(2)19-11(16)10(12(17)20-13)15-14-8-5-4-6-9(7-8)18-3/h4-7,14H,1-3H3. The number of nitrogens with zero attached hydrogens (tertiary/aromatic N) is 1. The molecule has 0 amide bonds. The molecule has 1 aliphatic heterocycles. The highest BCUT2D eigenvalue weighted by molar-refractivity contribution is 6.63. The van der Waals surface area contributed by atoms with Gasteiger partial charge in [-0.1, -0.05) is 6.07 Å². The van der Waals surface area contributed by atoms with Gasteiger partial charge in [-0.3, -0.25) is 5.43 Å². The molecule has 2 rings (SSSR count). The van der Waals surface area contributed by atoms with Crippen molar-refractivity contribution in [1.82, 2.24) is 0 Å². The lowest BCUT2D eigenvalue weighted by atomic mass is 10.3. The van der Waals surface area contributed by atoms with E-state index in [1.54, 1.807) is 24.3 Å². The summed E-state index contributed by atoms with van der Waals surface area (Å²) < 4.78 is 14.9. The molecule has 0 radical (unpaired) electrons. The number of carbonyl (C=O) groups is 2. The van der Waals surface area contributed by atoms with Crippen molar-refractivity contribution in [2.45, 2.75) is 19.6 Å². The first-order valence-electron chi connectivity index (χ1n) is 5.86. The van der Waals surface area contributed by atoms with Crippen molar-refractivity contribution in [1.29, 1.82) is 0 Å². The molecule has 0 unspecified atom stereocenters.